The van der Waals surface area contributed by atoms with E-state index in [1.807, 2.05) is 29.6 Å². The molecule has 3 N–H and O–H groups in total. The third-order valence-electron chi connectivity index (χ3n) is 4.27. The maximum atomic E-state index is 12.4. The fourth-order valence-electron chi connectivity index (χ4n) is 2.86. The van der Waals surface area contributed by atoms with Gasteiger partial charge in [0, 0.05) is 34.3 Å². The topological polar surface area (TPSA) is 95.1 Å². The minimum atomic E-state index is -1.05. The van der Waals surface area contributed by atoms with Crippen LogP contribution in [0.3, 0.4) is 0 Å². The van der Waals surface area contributed by atoms with Gasteiger partial charge in [0.05, 0.1) is 17.1 Å². The number of aliphatic carboxylic acids is 1. The van der Waals surface area contributed by atoms with Crippen molar-refractivity contribution in [1.82, 2.24) is 15.3 Å². The quantitative estimate of drug-likeness (QED) is 0.607. The van der Waals surface area contributed by atoms with Crippen molar-refractivity contribution in [2.45, 2.75) is 45.1 Å². The first-order valence-corrected chi connectivity index (χ1v) is 9.64. The van der Waals surface area contributed by atoms with E-state index in [1.165, 1.54) is 11.3 Å². The van der Waals surface area contributed by atoms with Crippen molar-refractivity contribution in [3.05, 3.63) is 52.1 Å². The first kappa shape index (κ1) is 19.1. The first-order chi connectivity index (χ1) is 12.7. The summed E-state index contributed by atoms with van der Waals surface area (Å²) in [4.78, 5) is 31.6. The number of aromatic amines is 1. The second-order valence-corrected chi connectivity index (χ2v) is 8.45. The van der Waals surface area contributed by atoms with Gasteiger partial charge in [-0.15, -0.1) is 11.3 Å². The Labute approximate surface area is 161 Å². The van der Waals surface area contributed by atoms with Gasteiger partial charge >= 0.3 is 5.97 Å². The summed E-state index contributed by atoms with van der Waals surface area (Å²) in [6, 6.07) is 6.70. The second-order valence-electron chi connectivity index (χ2n) is 7.59. The van der Waals surface area contributed by atoms with E-state index < -0.39 is 12.0 Å². The van der Waals surface area contributed by atoms with Crippen molar-refractivity contribution >= 4 is 34.1 Å². The molecule has 0 spiro atoms. The van der Waals surface area contributed by atoms with Gasteiger partial charge in [-0.25, -0.2) is 9.78 Å². The van der Waals surface area contributed by atoms with Gasteiger partial charge in [0.25, 0.3) is 0 Å². The number of carboxylic acid groups (broad SMARTS) is 1. The van der Waals surface area contributed by atoms with Crippen molar-refractivity contribution < 1.29 is 14.7 Å². The number of carbonyl (C=O) groups excluding carboxylic acids is 1. The molecular formula is C20H23N3O3S. The molecule has 0 saturated carbocycles. The van der Waals surface area contributed by atoms with E-state index in [0.29, 0.717) is 5.69 Å². The van der Waals surface area contributed by atoms with Crippen LogP contribution in [0.5, 0.6) is 0 Å². The normalized spacial score (nSPS) is 12.9. The molecule has 27 heavy (non-hydrogen) atoms. The molecule has 0 aliphatic carbocycles. The van der Waals surface area contributed by atoms with Crippen LogP contribution in [0, 0.1) is 0 Å². The van der Waals surface area contributed by atoms with E-state index in [9.17, 15) is 14.7 Å². The van der Waals surface area contributed by atoms with Crippen molar-refractivity contribution in [3.8, 4) is 0 Å². The number of hydrogen-bond acceptors (Lipinski definition) is 4. The van der Waals surface area contributed by atoms with Crippen LogP contribution in [-0.2, 0) is 27.8 Å². The first-order valence-electron chi connectivity index (χ1n) is 8.76. The summed E-state index contributed by atoms with van der Waals surface area (Å²) in [6.45, 7) is 6.20. The van der Waals surface area contributed by atoms with Gasteiger partial charge in [-0.3, -0.25) is 4.79 Å². The zero-order chi connectivity index (χ0) is 19.6. The number of carbonyl (C=O) groups is 2. The van der Waals surface area contributed by atoms with Gasteiger partial charge in [0.15, 0.2) is 0 Å². The van der Waals surface area contributed by atoms with E-state index in [4.69, 9.17) is 0 Å². The molecule has 0 aliphatic rings. The van der Waals surface area contributed by atoms with Crippen molar-refractivity contribution in [2.24, 2.45) is 0 Å². The van der Waals surface area contributed by atoms with Crippen LogP contribution in [0.1, 0.15) is 37.0 Å². The summed E-state index contributed by atoms with van der Waals surface area (Å²) in [5.41, 5.74) is 2.40. The lowest BCUT2D eigenvalue weighted by Crippen LogP contribution is -2.43. The van der Waals surface area contributed by atoms with Crippen LogP contribution in [0.15, 0.2) is 35.8 Å². The molecule has 2 aromatic heterocycles. The van der Waals surface area contributed by atoms with E-state index in [-0.39, 0.29) is 24.2 Å². The number of nitrogens with one attached hydrogen (secondary N) is 2. The number of thiazole rings is 1. The highest BCUT2D eigenvalue weighted by Gasteiger charge is 2.23. The predicted molar refractivity (Wildman–Crippen MR) is 106 cm³/mol. The molecular weight excluding hydrogens is 362 g/mol. The average molecular weight is 385 g/mol. The largest absolute Gasteiger partial charge is 0.480 e. The maximum Gasteiger partial charge on any atom is 0.326 e. The van der Waals surface area contributed by atoms with Crippen LogP contribution in [-0.4, -0.2) is 33.0 Å². The fraction of sp³-hybridized carbons (Fsp3) is 0.350. The van der Waals surface area contributed by atoms with Crippen LogP contribution < -0.4 is 5.32 Å². The Hall–Kier alpha value is -2.67. The predicted octanol–water partition coefficient (Wildman–Crippen LogP) is 3.28. The Morgan fingerprint density at radius 1 is 1.30 bits per heavy atom. The number of rotatable bonds is 6. The molecule has 7 heteroatoms. The molecule has 0 bridgehead atoms. The highest BCUT2D eigenvalue weighted by Crippen LogP contribution is 2.25. The van der Waals surface area contributed by atoms with E-state index in [0.717, 1.165) is 21.5 Å². The number of carboxylic acids is 1. The number of benzene rings is 1. The van der Waals surface area contributed by atoms with Crippen molar-refractivity contribution in [1.29, 1.82) is 0 Å². The summed E-state index contributed by atoms with van der Waals surface area (Å²) >= 11 is 1.52. The molecule has 0 fully saturated rings. The van der Waals surface area contributed by atoms with Gasteiger partial charge in [0.2, 0.25) is 5.91 Å². The van der Waals surface area contributed by atoms with Crippen molar-refractivity contribution in [3.63, 3.8) is 0 Å². The SMILES string of the molecule is CC(C)(C)c1nc(CC(=O)NC(Cc2c[nH]c3ccccc23)C(=O)O)cs1. The number of aromatic nitrogens is 2. The lowest BCUT2D eigenvalue weighted by Gasteiger charge is -2.14. The summed E-state index contributed by atoms with van der Waals surface area (Å²) < 4.78 is 0. The van der Waals surface area contributed by atoms with Crippen LogP contribution in [0.2, 0.25) is 0 Å². The standard InChI is InChI=1S/C20H23N3O3S/c1-20(2,3)19-22-13(11-27-19)9-17(24)23-16(18(25)26)8-12-10-21-15-7-5-4-6-14(12)15/h4-7,10-11,16,21H,8-9H2,1-3H3,(H,23,24)(H,25,26). The fourth-order valence-corrected chi connectivity index (χ4v) is 3.77. The summed E-state index contributed by atoms with van der Waals surface area (Å²) in [6.07, 6.45) is 2.09. The third kappa shape index (κ3) is 4.54. The van der Waals surface area contributed by atoms with Gasteiger partial charge < -0.3 is 15.4 Å². The molecule has 1 unspecified atom stereocenters. The van der Waals surface area contributed by atoms with Crippen molar-refractivity contribution in [2.75, 3.05) is 0 Å². The van der Waals surface area contributed by atoms with Crippen LogP contribution in [0.4, 0.5) is 0 Å². The molecule has 3 rings (SSSR count). The molecule has 0 aliphatic heterocycles. The van der Waals surface area contributed by atoms with E-state index in [2.05, 4.69) is 36.1 Å². The summed E-state index contributed by atoms with van der Waals surface area (Å²) in [5, 5.41) is 15.9. The third-order valence-corrected chi connectivity index (χ3v) is 5.58. The minimum absolute atomic E-state index is 0.0711. The molecule has 6 nitrogen and oxygen atoms in total. The molecule has 0 saturated heterocycles. The number of fused-ring (bicyclic) bond motifs is 1. The van der Waals surface area contributed by atoms with Gasteiger partial charge in [-0.05, 0) is 11.6 Å². The molecule has 1 aromatic carbocycles. The number of H-pyrrole nitrogens is 1. The number of amides is 1. The maximum absolute atomic E-state index is 12.4. The second kappa shape index (κ2) is 7.52. The van der Waals surface area contributed by atoms with Crippen LogP contribution in [0.25, 0.3) is 10.9 Å². The summed E-state index contributed by atoms with van der Waals surface area (Å²) in [7, 11) is 0. The zero-order valence-corrected chi connectivity index (χ0v) is 16.4. The minimum Gasteiger partial charge on any atom is -0.480 e. The van der Waals surface area contributed by atoms with E-state index >= 15 is 0 Å². The number of hydrogen-bond donors (Lipinski definition) is 3. The Balaban J connectivity index is 1.68. The summed E-state index contributed by atoms with van der Waals surface area (Å²) in [5.74, 6) is -1.39. The molecule has 142 valence electrons. The smallest absolute Gasteiger partial charge is 0.326 e. The van der Waals surface area contributed by atoms with Crippen LogP contribution >= 0.6 is 11.3 Å². The zero-order valence-electron chi connectivity index (χ0n) is 15.6. The lowest BCUT2D eigenvalue weighted by atomic mass is 9.98. The number of nitrogens with zero attached hydrogens (tertiary/aromatic N) is 1. The van der Waals surface area contributed by atoms with Gasteiger partial charge in [0.1, 0.15) is 6.04 Å². The van der Waals surface area contributed by atoms with Gasteiger partial charge in [-0.1, -0.05) is 39.0 Å². The highest BCUT2D eigenvalue weighted by atomic mass is 32.1. The molecule has 0 radical (unpaired) electrons. The van der Waals surface area contributed by atoms with Gasteiger partial charge in [-0.2, -0.15) is 0 Å². The monoisotopic (exact) mass is 385 g/mol. The van der Waals surface area contributed by atoms with E-state index in [1.54, 1.807) is 6.20 Å². The molecule has 2 heterocycles. The molecule has 1 amide bonds. The Morgan fingerprint density at radius 3 is 2.70 bits per heavy atom. The Kier molecular flexibility index (Phi) is 5.32. The molecule has 1 atom stereocenters. The Morgan fingerprint density at radius 2 is 2.04 bits per heavy atom. The average Bonchev–Trinajstić information content (AvgIpc) is 3.21. The lowest BCUT2D eigenvalue weighted by molar-refractivity contribution is -0.141. The highest BCUT2D eigenvalue weighted by molar-refractivity contribution is 7.09. The molecule has 3 aromatic rings. The Bertz CT molecular complexity index is 968. The number of para-hydroxylation sites is 1.